The molecule has 0 aromatic carbocycles. The molecular weight excluding hydrogens is 278 g/mol. The minimum atomic E-state index is -0.167. The van der Waals surface area contributed by atoms with Crippen LogP contribution >= 0.6 is 11.3 Å². The number of thiophene rings is 1. The fourth-order valence-electron chi connectivity index (χ4n) is 1.85. The number of rotatable bonds is 6. The molecule has 7 nitrogen and oxygen atoms in total. The minimum absolute atomic E-state index is 0.0416. The number of nitrogens with one attached hydrogen (secondary N) is 1. The number of nitrogens with zero attached hydrogens (tertiary/aromatic N) is 4. The van der Waals surface area contributed by atoms with Crippen LogP contribution in [-0.2, 0) is 11.3 Å². The zero-order chi connectivity index (χ0) is 14.0. The molecule has 8 heteroatoms. The highest BCUT2D eigenvalue weighted by atomic mass is 32.1. The van der Waals surface area contributed by atoms with Crippen molar-refractivity contribution in [3.05, 3.63) is 17.5 Å². The highest BCUT2D eigenvalue weighted by molar-refractivity contribution is 7.13. The topological polar surface area (TPSA) is 92.9 Å². The van der Waals surface area contributed by atoms with Crippen LogP contribution in [0.3, 0.4) is 0 Å². The van der Waals surface area contributed by atoms with Gasteiger partial charge in [0, 0.05) is 12.0 Å². The van der Waals surface area contributed by atoms with Gasteiger partial charge in [0.1, 0.15) is 6.54 Å². The van der Waals surface area contributed by atoms with E-state index in [0.717, 1.165) is 17.7 Å². The Labute approximate surface area is 119 Å². The minimum Gasteiger partial charge on any atom is -0.396 e. The fourth-order valence-corrected chi connectivity index (χ4v) is 2.50. The van der Waals surface area contributed by atoms with Gasteiger partial charge in [0.25, 0.3) is 0 Å². The molecule has 1 fully saturated rings. The number of aliphatic hydroxyl groups excluding tert-OH is 1. The van der Waals surface area contributed by atoms with Gasteiger partial charge in [-0.1, -0.05) is 6.07 Å². The third-order valence-electron chi connectivity index (χ3n) is 3.43. The number of hydrogen-bond donors (Lipinski definition) is 2. The van der Waals surface area contributed by atoms with Crippen molar-refractivity contribution in [3.8, 4) is 10.7 Å². The Morgan fingerprint density at radius 1 is 1.55 bits per heavy atom. The molecule has 0 unspecified atom stereocenters. The van der Waals surface area contributed by atoms with Crippen LogP contribution in [0.15, 0.2) is 17.5 Å². The van der Waals surface area contributed by atoms with Crippen LogP contribution in [0.4, 0.5) is 0 Å². The molecule has 2 N–H and O–H groups in total. The maximum absolute atomic E-state index is 11.8. The van der Waals surface area contributed by atoms with Crippen LogP contribution in [0.25, 0.3) is 10.7 Å². The van der Waals surface area contributed by atoms with Crippen molar-refractivity contribution < 1.29 is 9.90 Å². The quantitative estimate of drug-likeness (QED) is 0.798. The Bertz CT molecular complexity index is 591. The Morgan fingerprint density at radius 2 is 2.40 bits per heavy atom. The molecule has 2 aromatic rings. The van der Waals surface area contributed by atoms with E-state index in [9.17, 15) is 9.90 Å². The van der Waals surface area contributed by atoms with E-state index in [1.807, 2.05) is 17.5 Å². The molecule has 0 atom stereocenters. The summed E-state index contributed by atoms with van der Waals surface area (Å²) in [5.41, 5.74) is -0.0897. The Hall–Kier alpha value is -1.80. The van der Waals surface area contributed by atoms with Gasteiger partial charge in [0.2, 0.25) is 11.7 Å². The van der Waals surface area contributed by atoms with Crippen LogP contribution in [0, 0.1) is 5.41 Å². The largest absolute Gasteiger partial charge is 0.396 e. The molecule has 1 saturated carbocycles. The van der Waals surface area contributed by atoms with Gasteiger partial charge in [-0.2, -0.15) is 4.80 Å². The summed E-state index contributed by atoms with van der Waals surface area (Å²) >= 11 is 1.53. The van der Waals surface area contributed by atoms with Crippen LogP contribution in [-0.4, -0.2) is 44.4 Å². The second-order valence-corrected chi connectivity index (χ2v) is 6.00. The number of carbonyl (C=O) groups is 1. The molecule has 2 heterocycles. The number of carbonyl (C=O) groups excluding carboxylic acids is 1. The second-order valence-electron chi connectivity index (χ2n) is 5.06. The summed E-state index contributed by atoms with van der Waals surface area (Å²) in [7, 11) is 0. The van der Waals surface area contributed by atoms with E-state index < -0.39 is 0 Å². The van der Waals surface area contributed by atoms with Crippen molar-refractivity contribution in [2.45, 2.75) is 19.4 Å². The SMILES string of the molecule is O=C(Cn1nnc(-c2cccs2)n1)NCC1(CO)CC1. The average molecular weight is 293 g/mol. The molecule has 1 aliphatic carbocycles. The fraction of sp³-hybridized carbons (Fsp3) is 0.500. The smallest absolute Gasteiger partial charge is 0.243 e. The predicted octanol–water partition coefficient (Wildman–Crippen LogP) is 0.290. The lowest BCUT2D eigenvalue weighted by molar-refractivity contribution is -0.122. The van der Waals surface area contributed by atoms with Crippen LogP contribution in [0.2, 0.25) is 0 Å². The first-order valence-electron chi connectivity index (χ1n) is 6.40. The summed E-state index contributed by atoms with van der Waals surface area (Å²) in [6, 6.07) is 3.82. The molecule has 3 rings (SSSR count). The molecule has 0 saturated heterocycles. The van der Waals surface area contributed by atoms with Gasteiger partial charge in [-0.25, -0.2) is 0 Å². The Morgan fingerprint density at radius 3 is 3.05 bits per heavy atom. The van der Waals surface area contributed by atoms with Gasteiger partial charge in [0.15, 0.2) is 0 Å². The zero-order valence-corrected chi connectivity index (χ0v) is 11.6. The second kappa shape index (κ2) is 5.29. The lowest BCUT2D eigenvalue weighted by Gasteiger charge is -2.12. The third kappa shape index (κ3) is 2.86. The highest BCUT2D eigenvalue weighted by Gasteiger charge is 2.42. The third-order valence-corrected chi connectivity index (χ3v) is 4.30. The molecule has 0 bridgehead atoms. The standard InChI is InChI=1S/C12H15N5O2S/c18-8-12(3-4-12)7-13-10(19)6-17-15-11(14-16-17)9-2-1-5-20-9/h1-2,5,18H,3-4,6-8H2,(H,13,19). The first-order valence-corrected chi connectivity index (χ1v) is 7.28. The van der Waals surface area contributed by atoms with Crippen LogP contribution in [0.1, 0.15) is 12.8 Å². The molecule has 20 heavy (non-hydrogen) atoms. The van der Waals surface area contributed by atoms with Crippen molar-refractivity contribution in [1.29, 1.82) is 0 Å². The van der Waals surface area contributed by atoms with E-state index in [0.29, 0.717) is 12.4 Å². The molecular formula is C12H15N5O2S. The van der Waals surface area contributed by atoms with Crippen molar-refractivity contribution in [3.63, 3.8) is 0 Å². The molecule has 0 radical (unpaired) electrons. The summed E-state index contributed by atoms with van der Waals surface area (Å²) in [6.45, 7) is 0.673. The molecule has 0 spiro atoms. The number of hydrogen-bond acceptors (Lipinski definition) is 6. The molecule has 0 aliphatic heterocycles. The maximum atomic E-state index is 11.8. The van der Waals surface area contributed by atoms with Crippen LogP contribution < -0.4 is 5.32 Å². The zero-order valence-electron chi connectivity index (χ0n) is 10.8. The molecule has 2 aromatic heterocycles. The van der Waals surface area contributed by atoms with E-state index in [2.05, 4.69) is 20.7 Å². The number of aromatic nitrogens is 4. The summed E-state index contributed by atoms with van der Waals surface area (Å²) in [5, 5.41) is 25.9. The summed E-state index contributed by atoms with van der Waals surface area (Å²) in [6.07, 6.45) is 1.93. The summed E-state index contributed by atoms with van der Waals surface area (Å²) < 4.78 is 0. The lowest BCUT2D eigenvalue weighted by Crippen LogP contribution is -2.34. The molecule has 106 valence electrons. The average Bonchev–Trinajstić information content (AvgIpc) is 2.86. The van der Waals surface area contributed by atoms with E-state index in [-0.39, 0.29) is 24.5 Å². The van der Waals surface area contributed by atoms with Gasteiger partial charge < -0.3 is 10.4 Å². The van der Waals surface area contributed by atoms with Crippen molar-refractivity contribution in [2.75, 3.05) is 13.2 Å². The Balaban J connectivity index is 1.54. The molecule has 1 aliphatic rings. The van der Waals surface area contributed by atoms with Gasteiger partial charge in [-0.05, 0) is 29.5 Å². The first-order chi connectivity index (χ1) is 9.71. The monoisotopic (exact) mass is 293 g/mol. The summed E-state index contributed by atoms with van der Waals surface area (Å²) in [4.78, 5) is 14.0. The molecule has 1 amide bonds. The van der Waals surface area contributed by atoms with Gasteiger partial charge >= 0.3 is 0 Å². The Kier molecular flexibility index (Phi) is 3.49. The van der Waals surface area contributed by atoms with Crippen LogP contribution in [0.5, 0.6) is 0 Å². The number of amides is 1. The highest BCUT2D eigenvalue weighted by Crippen LogP contribution is 2.44. The van der Waals surface area contributed by atoms with Gasteiger partial charge in [-0.3, -0.25) is 4.79 Å². The van der Waals surface area contributed by atoms with Crippen molar-refractivity contribution in [2.24, 2.45) is 5.41 Å². The van der Waals surface area contributed by atoms with Crippen molar-refractivity contribution in [1.82, 2.24) is 25.5 Å². The van der Waals surface area contributed by atoms with Gasteiger partial charge in [-0.15, -0.1) is 21.5 Å². The maximum Gasteiger partial charge on any atom is 0.243 e. The number of tetrazole rings is 1. The van der Waals surface area contributed by atoms with E-state index in [1.54, 1.807) is 0 Å². The van der Waals surface area contributed by atoms with Crippen molar-refractivity contribution >= 4 is 17.2 Å². The first kappa shape index (κ1) is 13.2. The van der Waals surface area contributed by atoms with E-state index in [4.69, 9.17) is 0 Å². The number of aliphatic hydroxyl groups is 1. The normalized spacial score (nSPS) is 16.1. The lowest BCUT2D eigenvalue weighted by atomic mass is 10.1. The van der Waals surface area contributed by atoms with E-state index in [1.165, 1.54) is 16.1 Å². The van der Waals surface area contributed by atoms with E-state index >= 15 is 0 Å². The summed E-state index contributed by atoms with van der Waals surface area (Å²) in [5.74, 6) is 0.363. The predicted molar refractivity (Wildman–Crippen MR) is 72.9 cm³/mol. The van der Waals surface area contributed by atoms with Gasteiger partial charge in [0.05, 0.1) is 11.5 Å².